The van der Waals surface area contributed by atoms with Crippen molar-refractivity contribution in [3.8, 4) is 0 Å². The van der Waals surface area contributed by atoms with Crippen molar-refractivity contribution in [2.24, 2.45) is 22.6 Å². The second-order valence-electron chi connectivity index (χ2n) is 7.51. The number of amides is 1. The van der Waals surface area contributed by atoms with Gasteiger partial charge in [0.25, 0.3) is 0 Å². The Labute approximate surface area is 174 Å². The summed E-state index contributed by atoms with van der Waals surface area (Å²) in [5, 5.41) is 0. The van der Waals surface area contributed by atoms with Crippen LogP contribution < -0.4 is 5.73 Å². The maximum Gasteiger partial charge on any atom is 0.223 e. The number of guanidine groups is 1. The standard InChI is InChI=1S/C20H30N4O.HI/c1-16-7-10-23(11-8-16)20(21)22-14-18-13-19(25)24(15-18)12-9-17-5-3-2-4-6-17;/h2-6,16,18H,7-15H2,1H3,(H2,21,22);1H. The Kier molecular flexibility index (Phi) is 8.18. The maximum absolute atomic E-state index is 12.2. The molecule has 1 unspecified atom stereocenters. The van der Waals surface area contributed by atoms with Gasteiger partial charge in [-0.3, -0.25) is 9.79 Å². The van der Waals surface area contributed by atoms with Crippen molar-refractivity contribution in [3.05, 3.63) is 35.9 Å². The predicted molar refractivity (Wildman–Crippen MR) is 117 cm³/mol. The van der Waals surface area contributed by atoms with Crippen molar-refractivity contribution in [3.63, 3.8) is 0 Å². The molecule has 2 N–H and O–H groups in total. The van der Waals surface area contributed by atoms with Crippen LogP contribution in [-0.4, -0.2) is 54.4 Å². The molecule has 2 fully saturated rings. The van der Waals surface area contributed by atoms with Crippen LogP contribution in [0, 0.1) is 11.8 Å². The lowest BCUT2D eigenvalue weighted by Gasteiger charge is -2.31. The van der Waals surface area contributed by atoms with E-state index in [4.69, 9.17) is 5.73 Å². The molecule has 0 spiro atoms. The van der Waals surface area contributed by atoms with Crippen LogP contribution in [0.25, 0.3) is 0 Å². The molecule has 6 heteroatoms. The van der Waals surface area contributed by atoms with Gasteiger partial charge in [-0.05, 0) is 30.7 Å². The Morgan fingerprint density at radius 1 is 1.23 bits per heavy atom. The first-order chi connectivity index (χ1) is 12.1. The maximum atomic E-state index is 12.2. The smallest absolute Gasteiger partial charge is 0.223 e. The molecule has 1 aromatic carbocycles. The molecule has 1 atom stereocenters. The molecule has 5 nitrogen and oxygen atoms in total. The number of nitrogens with two attached hydrogens (primary N) is 1. The molecular formula is C20H31IN4O. The van der Waals surface area contributed by atoms with Crippen molar-refractivity contribution >= 4 is 35.8 Å². The quantitative estimate of drug-likeness (QED) is 0.409. The molecule has 1 aromatic rings. The second-order valence-corrected chi connectivity index (χ2v) is 7.51. The molecule has 0 aromatic heterocycles. The number of hydrogen-bond donors (Lipinski definition) is 1. The molecule has 0 bridgehead atoms. The van der Waals surface area contributed by atoms with Gasteiger partial charge in [0.05, 0.1) is 0 Å². The van der Waals surface area contributed by atoms with Crippen molar-refractivity contribution in [1.82, 2.24) is 9.80 Å². The van der Waals surface area contributed by atoms with E-state index in [1.54, 1.807) is 0 Å². The number of carbonyl (C=O) groups is 1. The van der Waals surface area contributed by atoms with Gasteiger partial charge in [0.2, 0.25) is 5.91 Å². The SMILES string of the molecule is CC1CCN(C(N)=NCC2CC(=O)N(CCc3ccccc3)C2)CC1.I. The minimum atomic E-state index is 0. The molecule has 2 saturated heterocycles. The molecule has 0 saturated carbocycles. The third kappa shape index (κ3) is 5.86. The van der Waals surface area contributed by atoms with Gasteiger partial charge in [0, 0.05) is 45.1 Å². The van der Waals surface area contributed by atoms with Crippen LogP contribution in [0.5, 0.6) is 0 Å². The topological polar surface area (TPSA) is 61.9 Å². The summed E-state index contributed by atoms with van der Waals surface area (Å²) in [6.07, 6.45) is 3.88. The monoisotopic (exact) mass is 470 g/mol. The number of piperidine rings is 1. The van der Waals surface area contributed by atoms with E-state index >= 15 is 0 Å². The first-order valence-electron chi connectivity index (χ1n) is 9.48. The van der Waals surface area contributed by atoms with Crippen LogP contribution in [0.4, 0.5) is 0 Å². The van der Waals surface area contributed by atoms with Gasteiger partial charge in [0.1, 0.15) is 0 Å². The van der Waals surface area contributed by atoms with Crippen LogP contribution in [-0.2, 0) is 11.2 Å². The Hall–Kier alpha value is -1.31. The average Bonchev–Trinajstić information content (AvgIpc) is 2.99. The average molecular weight is 470 g/mol. The highest BCUT2D eigenvalue weighted by atomic mass is 127. The van der Waals surface area contributed by atoms with E-state index < -0.39 is 0 Å². The largest absolute Gasteiger partial charge is 0.370 e. The molecule has 144 valence electrons. The van der Waals surface area contributed by atoms with E-state index in [2.05, 4.69) is 28.9 Å². The number of aliphatic imine (C=N–C) groups is 1. The van der Waals surface area contributed by atoms with Gasteiger partial charge in [0.15, 0.2) is 5.96 Å². The van der Waals surface area contributed by atoms with Gasteiger partial charge in [-0.15, -0.1) is 24.0 Å². The number of likely N-dealkylation sites (tertiary alicyclic amines) is 2. The minimum Gasteiger partial charge on any atom is -0.370 e. The fourth-order valence-electron chi connectivity index (χ4n) is 3.66. The lowest BCUT2D eigenvalue weighted by Crippen LogP contribution is -2.42. The lowest BCUT2D eigenvalue weighted by molar-refractivity contribution is -0.127. The number of nitrogens with zero attached hydrogens (tertiary/aromatic N) is 3. The highest BCUT2D eigenvalue weighted by Crippen LogP contribution is 2.19. The summed E-state index contributed by atoms with van der Waals surface area (Å²) >= 11 is 0. The van der Waals surface area contributed by atoms with Crippen molar-refractivity contribution in [2.75, 3.05) is 32.7 Å². The first-order valence-corrected chi connectivity index (χ1v) is 9.48. The highest BCUT2D eigenvalue weighted by Gasteiger charge is 2.29. The van der Waals surface area contributed by atoms with Crippen LogP contribution in [0.3, 0.4) is 0 Å². The first kappa shape index (κ1) is 21.0. The van der Waals surface area contributed by atoms with E-state index in [0.717, 1.165) is 38.5 Å². The highest BCUT2D eigenvalue weighted by molar-refractivity contribution is 14.0. The zero-order valence-corrected chi connectivity index (χ0v) is 18.0. The number of hydrogen-bond acceptors (Lipinski definition) is 2. The number of carbonyl (C=O) groups excluding carboxylic acids is 1. The fraction of sp³-hybridized carbons (Fsp3) is 0.600. The molecule has 2 aliphatic heterocycles. The summed E-state index contributed by atoms with van der Waals surface area (Å²) in [7, 11) is 0. The van der Waals surface area contributed by atoms with E-state index in [-0.39, 0.29) is 29.9 Å². The number of rotatable bonds is 5. The normalized spacial score (nSPS) is 21.8. The Balaban J connectivity index is 0.00000243. The second kappa shape index (κ2) is 10.1. The van der Waals surface area contributed by atoms with E-state index in [9.17, 15) is 4.79 Å². The Bertz CT molecular complexity index is 599. The molecule has 3 rings (SSSR count). The fourth-order valence-corrected chi connectivity index (χ4v) is 3.66. The van der Waals surface area contributed by atoms with Crippen LogP contribution in [0.15, 0.2) is 35.3 Å². The third-order valence-electron chi connectivity index (χ3n) is 5.43. The predicted octanol–water partition coefficient (Wildman–Crippen LogP) is 2.74. The van der Waals surface area contributed by atoms with Gasteiger partial charge < -0.3 is 15.5 Å². The van der Waals surface area contributed by atoms with Crippen LogP contribution in [0.2, 0.25) is 0 Å². The Morgan fingerprint density at radius 3 is 2.62 bits per heavy atom. The molecule has 1 amide bonds. The van der Waals surface area contributed by atoms with E-state index in [1.165, 1.54) is 18.4 Å². The van der Waals surface area contributed by atoms with Gasteiger partial charge in [-0.1, -0.05) is 37.3 Å². The van der Waals surface area contributed by atoms with Gasteiger partial charge in [-0.2, -0.15) is 0 Å². The van der Waals surface area contributed by atoms with Gasteiger partial charge in [-0.25, -0.2) is 0 Å². The summed E-state index contributed by atoms with van der Waals surface area (Å²) in [6.45, 7) is 6.55. The summed E-state index contributed by atoms with van der Waals surface area (Å²) in [5.74, 6) is 1.99. The summed E-state index contributed by atoms with van der Waals surface area (Å²) in [6, 6.07) is 10.3. The summed E-state index contributed by atoms with van der Waals surface area (Å²) < 4.78 is 0. The van der Waals surface area contributed by atoms with E-state index in [1.807, 2.05) is 23.1 Å². The van der Waals surface area contributed by atoms with Gasteiger partial charge >= 0.3 is 0 Å². The molecule has 0 aliphatic carbocycles. The molecular weight excluding hydrogens is 439 g/mol. The molecule has 2 aliphatic rings. The van der Waals surface area contributed by atoms with Crippen LogP contribution >= 0.6 is 24.0 Å². The van der Waals surface area contributed by atoms with Crippen LogP contribution in [0.1, 0.15) is 31.7 Å². The minimum absolute atomic E-state index is 0. The van der Waals surface area contributed by atoms with E-state index in [0.29, 0.717) is 24.8 Å². The number of benzene rings is 1. The van der Waals surface area contributed by atoms with Crippen molar-refractivity contribution in [2.45, 2.75) is 32.6 Å². The molecule has 0 radical (unpaired) electrons. The lowest BCUT2D eigenvalue weighted by atomic mass is 10.00. The third-order valence-corrected chi connectivity index (χ3v) is 5.43. The number of halogens is 1. The Morgan fingerprint density at radius 2 is 1.92 bits per heavy atom. The summed E-state index contributed by atoms with van der Waals surface area (Å²) in [4.78, 5) is 21.0. The van der Waals surface area contributed by atoms with Crippen molar-refractivity contribution in [1.29, 1.82) is 0 Å². The zero-order valence-electron chi connectivity index (χ0n) is 15.6. The zero-order chi connectivity index (χ0) is 17.6. The molecule has 26 heavy (non-hydrogen) atoms. The summed E-state index contributed by atoms with van der Waals surface area (Å²) in [5.41, 5.74) is 7.43. The van der Waals surface area contributed by atoms with Crippen molar-refractivity contribution < 1.29 is 4.79 Å². The molecule has 2 heterocycles.